The molecule has 0 saturated heterocycles. The van der Waals surface area contributed by atoms with Crippen molar-refractivity contribution in [1.82, 2.24) is 4.57 Å². The molecule has 0 fully saturated rings. The van der Waals surface area contributed by atoms with E-state index in [4.69, 9.17) is 4.74 Å². The number of nitro benzene ring substituents is 1. The van der Waals surface area contributed by atoms with Crippen LogP contribution in [-0.4, -0.2) is 22.1 Å². The summed E-state index contributed by atoms with van der Waals surface area (Å²) in [5.74, 6) is -0.188. The molecule has 0 radical (unpaired) electrons. The molecule has 0 saturated carbocycles. The average Bonchev–Trinajstić information content (AvgIpc) is 3.13. The quantitative estimate of drug-likeness (QED) is 0.245. The SMILES string of the molecule is CCOC(=O)C1=C(C)N=c2sc(=Cc3ccc(Br)c([N+](=O)[O-])c3)c(=O)n2C1c1ccc(C(C)C)cc1. The maximum absolute atomic E-state index is 13.7. The van der Waals surface area contributed by atoms with Crippen molar-refractivity contribution < 1.29 is 14.5 Å². The van der Waals surface area contributed by atoms with Gasteiger partial charge in [0.25, 0.3) is 11.2 Å². The number of aromatic nitrogens is 1. The molecule has 1 atom stereocenters. The first-order valence-electron chi connectivity index (χ1n) is 11.4. The fraction of sp³-hybridized carbons (Fsp3) is 0.269. The van der Waals surface area contributed by atoms with Gasteiger partial charge in [0.2, 0.25) is 0 Å². The minimum atomic E-state index is -0.706. The van der Waals surface area contributed by atoms with Crippen LogP contribution in [0.1, 0.15) is 56.3 Å². The zero-order valence-corrected chi connectivity index (χ0v) is 22.6. The van der Waals surface area contributed by atoms with Crippen LogP contribution in [0.5, 0.6) is 0 Å². The summed E-state index contributed by atoms with van der Waals surface area (Å²) in [4.78, 5) is 42.5. The Bertz CT molecular complexity index is 1570. The lowest BCUT2D eigenvalue weighted by Gasteiger charge is -2.25. The molecule has 186 valence electrons. The second-order valence-corrected chi connectivity index (χ2v) is 10.5. The van der Waals surface area contributed by atoms with Crippen molar-refractivity contribution in [3.8, 4) is 0 Å². The zero-order valence-electron chi connectivity index (χ0n) is 20.1. The number of hydrogen-bond donors (Lipinski definition) is 0. The van der Waals surface area contributed by atoms with Gasteiger partial charge in [0.15, 0.2) is 4.80 Å². The Labute approximate surface area is 219 Å². The highest BCUT2D eigenvalue weighted by atomic mass is 79.9. The van der Waals surface area contributed by atoms with E-state index in [1.807, 2.05) is 24.3 Å². The minimum Gasteiger partial charge on any atom is -0.463 e. The van der Waals surface area contributed by atoms with Crippen molar-refractivity contribution >= 4 is 45.0 Å². The number of esters is 1. The Morgan fingerprint density at radius 2 is 1.97 bits per heavy atom. The molecule has 4 rings (SSSR count). The first kappa shape index (κ1) is 25.7. The summed E-state index contributed by atoms with van der Waals surface area (Å²) >= 11 is 4.35. The number of carbonyl (C=O) groups excluding carboxylic acids is 1. The van der Waals surface area contributed by atoms with Gasteiger partial charge in [-0.05, 0) is 64.5 Å². The molecule has 10 heteroatoms. The molecule has 0 amide bonds. The first-order chi connectivity index (χ1) is 17.1. The van der Waals surface area contributed by atoms with Gasteiger partial charge < -0.3 is 4.74 Å². The highest BCUT2D eigenvalue weighted by Gasteiger charge is 2.33. The van der Waals surface area contributed by atoms with E-state index in [0.717, 1.165) is 11.1 Å². The van der Waals surface area contributed by atoms with E-state index in [1.54, 1.807) is 32.1 Å². The van der Waals surface area contributed by atoms with Gasteiger partial charge in [-0.25, -0.2) is 9.79 Å². The Hall–Kier alpha value is -3.37. The lowest BCUT2D eigenvalue weighted by Crippen LogP contribution is -2.39. The van der Waals surface area contributed by atoms with Gasteiger partial charge in [-0.1, -0.05) is 55.5 Å². The number of rotatable bonds is 6. The van der Waals surface area contributed by atoms with Crippen LogP contribution in [0.15, 0.2) is 68.0 Å². The number of ether oxygens (including phenoxy) is 1. The topological polar surface area (TPSA) is 104 Å². The number of benzene rings is 2. The summed E-state index contributed by atoms with van der Waals surface area (Å²) < 4.78 is 7.54. The minimum absolute atomic E-state index is 0.0971. The van der Waals surface area contributed by atoms with Crippen LogP contribution in [0.25, 0.3) is 6.08 Å². The van der Waals surface area contributed by atoms with Crippen LogP contribution in [0.3, 0.4) is 0 Å². The van der Waals surface area contributed by atoms with Crippen molar-refractivity contribution in [3.63, 3.8) is 0 Å². The second-order valence-electron chi connectivity index (χ2n) is 8.59. The molecule has 1 aliphatic rings. The number of thiazole rings is 1. The van der Waals surface area contributed by atoms with Crippen LogP contribution < -0.4 is 14.9 Å². The molecule has 1 aromatic heterocycles. The van der Waals surface area contributed by atoms with Gasteiger partial charge in [-0.15, -0.1) is 0 Å². The normalized spacial score (nSPS) is 15.6. The number of nitrogens with zero attached hydrogens (tertiary/aromatic N) is 3. The molecule has 1 unspecified atom stereocenters. The van der Waals surface area contributed by atoms with Crippen molar-refractivity contribution in [3.05, 3.63) is 105 Å². The molecule has 2 heterocycles. The van der Waals surface area contributed by atoms with E-state index in [0.29, 0.717) is 36.6 Å². The van der Waals surface area contributed by atoms with Gasteiger partial charge in [-0.2, -0.15) is 0 Å². The summed E-state index contributed by atoms with van der Waals surface area (Å²) in [5, 5.41) is 11.3. The van der Waals surface area contributed by atoms with E-state index in [2.05, 4.69) is 34.8 Å². The van der Waals surface area contributed by atoms with Gasteiger partial charge >= 0.3 is 5.97 Å². The Morgan fingerprint density at radius 1 is 1.28 bits per heavy atom. The molecule has 2 aromatic carbocycles. The summed E-state index contributed by atoms with van der Waals surface area (Å²) in [6.07, 6.45) is 1.60. The maximum atomic E-state index is 13.7. The first-order valence-corrected chi connectivity index (χ1v) is 13.0. The van der Waals surface area contributed by atoms with E-state index in [9.17, 15) is 19.7 Å². The fourth-order valence-corrected chi connectivity index (χ4v) is 5.52. The molecule has 36 heavy (non-hydrogen) atoms. The van der Waals surface area contributed by atoms with E-state index in [1.165, 1.54) is 22.0 Å². The van der Waals surface area contributed by atoms with Gasteiger partial charge in [0, 0.05) is 6.07 Å². The highest BCUT2D eigenvalue weighted by Crippen LogP contribution is 2.31. The predicted molar refractivity (Wildman–Crippen MR) is 142 cm³/mol. The summed E-state index contributed by atoms with van der Waals surface area (Å²) in [6, 6.07) is 11.8. The molecule has 0 N–H and O–H groups in total. The molecular formula is C26H24BrN3O5S. The standard InChI is InChI=1S/C26H24BrN3O5S/c1-5-35-25(32)22-15(4)28-26-29(23(22)18-9-7-17(8-10-18)14(2)3)24(31)21(36-26)13-16-6-11-19(27)20(12-16)30(33)34/h6-14,23H,5H2,1-4H3. The predicted octanol–water partition coefficient (Wildman–Crippen LogP) is 4.59. The third-order valence-corrected chi connectivity index (χ3v) is 7.55. The van der Waals surface area contributed by atoms with Crippen molar-refractivity contribution in [2.45, 2.75) is 39.7 Å². The average molecular weight is 570 g/mol. The van der Waals surface area contributed by atoms with Gasteiger partial charge in [0.05, 0.1) is 37.8 Å². The fourth-order valence-electron chi connectivity index (χ4n) is 4.08. The number of halogens is 1. The highest BCUT2D eigenvalue weighted by molar-refractivity contribution is 9.10. The zero-order chi connectivity index (χ0) is 26.1. The van der Waals surface area contributed by atoms with E-state index >= 15 is 0 Å². The molecule has 1 aliphatic heterocycles. The smallest absolute Gasteiger partial charge is 0.338 e. The Kier molecular flexibility index (Phi) is 7.37. The molecule has 0 aliphatic carbocycles. The monoisotopic (exact) mass is 569 g/mol. The number of nitro groups is 1. The number of allylic oxidation sites excluding steroid dienone is 1. The Morgan fingerprint density at radius 3 is 2.58 bits per heavy atom. The number of carbonyl (C=O) groups is 1. The number of fused-ring (bicyclic) bond motifs is 1. The van der Waals surface area contributed by atoms with Crippen LogP contribution in [-0.2, 0) is 9.53 Å². The largest absolute Gasteiger partial charge is 0.463 e. The molecule has 0 bridgehead atoms. The molecule has 3 aromatic rings. The molecular weight excluding hydrogens is 546 g/mol. The number of hydrogen-bond acceptors (Lipinski definition) is 7. The van der Waals surface area contributed by atoms with Crippen molar-refractivity contribution in [1.29, 1.82) is 0 Å². The van der Waals surface area contributed by atoms with Crippen LogP contribution >= 0.6 is 27.3 Å². The van der Waals surface area contributed by atoms with Crippen molar-refractivity contribution in [2.75, 3.05) is 6.61 Å². The third-order valence-electron chi connectivity index (χ3n) is 5.90. The second kappa shape index (κ2) is 10.3. The van der Waals surface area contributed by atoms with Crippen molar-refractivity contribution in [2.24, 2.45) is 4.99 Å². The van der Waals surface area contributed by atoms with Crippen LogP contribution in [0.4, 0.5) is 5.69 Å². The summed E-state index contributed by atoms with van der Waals surface area (Å²) in [5.41, 5.74) is 2.78. The molecule has 8 nitrogen and oxygen atoms in total. The van der Waals surface area contributed by atoms with Crippen LogP contribution in [0, 0.1) is 10.1 Å². The van der Waals surface area contributed by atoms with E-state index < -0.39 is 16.9 Å². The maximum Gasteiger partial charge on any atom is 0.338 e. The van der Waals surface area contributed by atoms with Gasteiger partial charge in [0.1, 0.15) is 0 Å². The summed E-state index contributed by atoms with van der Waals surface area (Å²) in [7, 11) is 0. The van der Waals surface area contributed by atoms with Gasteiger partial charge in [-0.3, -0.25) is 19.5 Å². The van der Waals surface area contributed by atoms with Crippen LogP contribution in [0.2, 0.25) is 0 Å². The summed E-state index contributed by atoms with van der Waals surface area (Å²) in [6.45, 7) is 7.85. The lowest BCUT2D eigenvalue weighted by atomic mass is 9.93. The lowest BCUT2D eigenvalue weighted by molar-refractivity contribution is -0.385. The Balaban J connectivity index is 1.93. The third kappa shape index (κ3) is 4.83. The molecule has 0 spiro atoms. The van der Waals surface area contributed by atoms with E-state index in [-0.39, 0.29) is 17.9 Å².